The normalized spacial score (nSPS) is 8.00. The Labute approximate surface area is 80.7 Å². The lowest BCUT2D eigenvalue weighted by Gasteiger charge is -1.81. The molecule has 0 aromatic heterocycles. The number of rotatable bonds is 1. The summed E-state index contributed by atoms with van der Waals surface area (Å²) in [5, 5.41) is 0. The van der Waals surface area contributed by atoms with Gasteiger partial charge in [0.25, 0.3) is 0 Å². The van der Waals surface area contributed by atoms with Crippen LogP contribution in [-0.2, 0) is 9.59 Å². The molecule has 4 N–H and O–H groups in total. The molecule has 0 saturated heterocycles. The first-order chi connectivity index (χ1) is 6.57. The van der Waals surface area contributed by atoms with Gasteiger partial charge in [0.1, 0.15) is 6.29 Å². The fraction of sp³-hybridized carbons (Fsp3) is 0. The number of nitrogens with two attached hydrogens (primary N) is 2. The minimum absolute atomic E-state index is 0.729. The first kappa shape index (κ1) is 11.8. The third-order valence-electron chi connectivity index (χ3n) is 1.18. The third-order valence-corrected chi connectivity index (χ3v) is 1.18. The van der Waals surface area contributed by atoms with Crippen LogP contribution in [0.5, 0.6) is 0 Å². The Bertz CT molecular complexity index is 310. The lowest BCUT2D eigenvalue weighted by atomic mass is 10.2. The van der Waals surface area contributed by atoms with Gasteiger partial charge in [-0.1, -0.05) is 30.3 Å². The van der Waals surface area contributed by atoms with Crippen LogP contribution in [0.2, 0.25) is 0 Å². The zero-order chi connectivity index (χ0) is 11.0. The molecule has 5 nitrogen and oxygen atoms in total. The Morgan fingerprint density at radius 3 is 1.64 bits per heavy atom. The molecule has 1 aromatic rings. The molecule has 0 spiro atoms. The third kappa shape index (κ3) is 5.48. The van der Waals surface area contributed by atoms with Crippen LogP contribution < -0.4 is 11.5 Å². The van der Waals surface area contributed by atoms with E-state index in [1.165, 1.54) is 0 Å². The molecule has 0 radical (unpaired) electrons. The van der Waals surface area contributed by atoms with E-state index in [2.05, 4.69) is 11.5 Å². The van der Waals surface area contributed by atoms with E-state index in [4.69, 9.17) is 0 Å². The van der Waals surface area contributed by atoms with Crippen molar-refractivity contribution < 1.29 is 14.4 Å². The van der Waals surface area contributed by atoms with Gasteiger partial charge < -0.3 is 11.5 Å². The predicted octanol–water partition coefficient (Wildman–Crippen LogP) is -0.544. The average Bonchev–Trinajstić information content (AvgIpc) is 2.20. The zero-order valence-electron chi connectivity index (χ0n) is 7.34. The van der Waals surface area contributed by atoms with Gasteiger partial charge in [-0.15, -0.1) is 0 Å². The fourth-order valence-corrected chi connectivity index (χ4v) is 0.532. The largest absolute Gasteiger partial charge is 0.361 e. The van der Waals surface area contributed by atoms with Crippen molar-refractivity contribution in [3.05, 3.63) is 35.9 Å². The van der Waals surface area contributed by atoms with Crippen molar-refractivity contribution in [2.75, 3.05) is 0 Å². The molecule has 14 heavy (non-hydrogen) atoms. The van der Waals surface area contributed by atoms with E-state index in [1.807, 2.05) is 18.2 Å². The summed E-state index contributed by atoms with van der Waals surface area (Å²) in [5.74, 6) is -2.20. The first-order valence-corrected chi connectivity index (χ1v) is 3.67. The maximum Gasteiger partial charge on any atom is 0.306 e. The van der Waals surface area contributed by atoms with Gasteiger partial charge in [0.15, 0.2) is 0 Å². The zero-order valence-corrected chi connectivity index (χ0v) is 7.34. The van der Waals surface area contributed by atoms with Crippen LogP contribution in [0.25, 0.3) is 0 Å². The van der Waals surface area contributed by atoms with Crippen molar-refractivity contribution in [3.8, 4) is 0 Å². The molecule has 1 aromatic carbocycles. The Hall–Kier alpha value is -2.17. The van der Waals surface area contributed by atoms with E-state index in [0.29, 0.717) is 0 Å². The number of hydrogen-bond donors (Lipinski definition) is 2. The molecule has 5 heteroatoms. The average molecular weight is 194 g/mol. The highest BCUT2D eigenvalue weighted by Gasteiger charge is 1.96. The van der Waals surface area contributed by atoms with Gasteiger partial charge in [-0.05, 0) is 0 Å². The van der Waals surface area contributed by atoms with Crippen molar-refractivity contribution >= 4 is 18.1 Å². The molecule has 0 aliphatic heterocycles. The summed E-state index contributed by atoms with van der Waals surface area (Å²) in [6.07, 6.45) is 0.833. The van der Waals surface area contributed by atoms with Crippen LogP contribution in [-0.4, -0.2) is 18.1 Å². The second kappa shape index (κ2) is 6.36. The maximum atomic E-state index is 10.0. The molecule has 0 saturated carbocycles. The second-order valence-electron chi connectivity index (χ2n) is 2.26. The van der Waals surface area contributed by atoms with E-state index < -0.39 is 11.8 Å². The minimum Gasteiger partial charge on any atom is -0.361 e. The maximum absolute atomic E-state index is 10.0. The minimum atomic E-state index is -1.10. The predicted molar refractivity (Wildman–Crippen MR) is 50.2 cm³/mol. The Kier molecular flexibility index (Phi) is 5.37. The molecule has 2 amide bonds. The van der Waals surface area contributed by atoms with Gasteiger partial charge in [0.2, 0.25) is 0 Å². The molecular weight excluding hydrogens is 184 g/mol. The molecule has 0 atom stereocenters. The van der Waals surface area contributed by atoms with Gasteiger partial charge in [-0.25, -0.2) is 0 Å². The van der Waals surface area contributed by atoms with Crippen molar-refractivity contribution in [1.82, 2.24) is 0 Å². The highest BCUT2D eigenvalue weighted by atomic mass is 16.2. The second-order valence-corrected chi connectivity index (χ2v) is 2.26. The highest BCUT2D eigenvalue weighted by molar-refractivity contribution is 6.33. The van der Waals surface area contributed by atoms with Crippen molar-refractivity contribution in [2.24, 2.45) is 11.5 Å². The number of amides is 2. The SMILES string of the molecule is NC(=O)C(N)=O.O=Cc1ccccc1. The number of carbonyl (C=O) groups excluding carboxylic acids is 3. The first-order valence-electron chi connectivity index (χ1n) is 3.67. The van der Waals surface area contributed by atoms with Crippen molar-refractivity contribution in [2.45, 2.75) is 0 Å². The van der Waals surface area contributed by atoms with E-state index in [-0.39, 0.29) is 0 Å². The Morgan fingerprint density at radius 2 is 1.43 bits per heavy atom. The van der Waals surface area contributed by atoms with Gasteiger partial charge in [0, 0.05) is 5.56 Å². The summed E-state index contributed by atoms with van der Waals surface area (Å²) in [6.45, 7) is 0. The molecule has 74 valence electrons. The molecule has 0 aliphatic carbocycles. The summed E-state index contributed by atoms with van der Waals surface area (Å²) in [5.41, 5.74) is 9.37. The fourth-order valence-electron chi connectivity index (χ4n) is 0.532. The van der Waals surface area contributed by atoms with Gasteiger partial charge in [0.05, 0.1) is 0 Å². The van der Waals surface area contributed by atoms with Crippen LogP contribution in [0, 0.1) is 0 Å². The molecule has 0 bridgehead atoms. The Balaban J connectivity index is 0.000000255. The summed E-state index contributed by atoms with van der Waals surface area (Å²) in [6, 6.07) is 9.10. The molecule has 0 aliphatic rings. The van der Waals surface area contributed by atoms with Crippen LogP contribution >= 0.6 is 0 Å². The topological polar surface area (TPSA) is 103 Å². The van der Waals surface area contributed by atoms with Gasteiger partial charge in [-0.2, -0.15) is 0 Å². The monoisotopic (exact) mass is 194 g/mol. The smallest absolute Gasteiger partial charge is 0.306 e. The number of hydrogen-bond acceptors (Lipinski definition) is 3. The van der Waals surface area contributed by atoms with Crippen molar-refractivity contribution in [3.63, 3.8) is 0 Å². The molecule has 0 heterocycles. The van der Waals surface area contributed by atoms with Crippen molar-refractivity contribution in [1.29, 1.82) is 0 Å². The number of aldehydes is 1. The summed E-state index contributed by atoms with van der Waals surface area (Å²) >= 11 is 0. The van der Waals surface area contributed by atoms with Crippen LogP contribution in [0.15, 0.2) is 30.3 Å². The summed E-state index contributed by atoms with van der Waals surface area (Å²) in [4.78, 5) is 28.9. The molecule has 1 rings (SSSR count). The summed E-state index contributed by atoms with van der Waals surface area (Å²) in [7, 11) is 0. The Morgan fingerprint density at radius 1 is 1.00 bits per heavy atom. The highest BCUT2D eigenvalue weighted by Crippen LogP contribution is 1.91. The molecule has 0 unspecified atom stereocenters. The van der Waals surface area contributed by atoms with Crippen LogP contribution in [0.3, 0.4) is 0 Å². The van der Waals surface area contributed by atoms with E-state index >= 15 is 0 Å². The van der Waals surface area contributed by atoms with Crippen LogP contribution in [0.4, 0.5) is 0 Å². The van der Waals surface area contributed by atoms with Crippen LogP contribution in [0.1, 0.15) is 10.4 Å². The number of benzene rings is 1. The summed E-state index contributed by atoms with van der Waals surface area (Å²) < 4.78 is 0. The van der Waals surface area contributed by atoms with Gasteiger partial charge >= 0.3 is 11.8 Å². The van der Waals surface area contributed by atoms with E-state index in [9.17, 15) is 14.4 Å². The van der Waals surface area contributed by atoms with Gasteiger partial charge in [-0.3, -0.25) is 14.4 Å². The lowest BCUT2D eigenvalue weighted by molar-refractivity contribution is -0.135. The quantitative estimate of drug-likeness (QED) is 0.463. The van der Waals surface area contributed by atoms with E-state index in [0.717, 1.165) is 11.8 Å². The number of carbonyl (C=O) groups is 3. The molecule has 0 fully saturated rings. The number of primary amides is 2. The standard InChI is InChI=1S/C7H6O.C2H4N2O2/c8-6-7-4-2-1-3-5-7;3-1(5)2(4)6/h1-6H;(H2,3,5)(H2,4,6). The lowest BCUT2D eigenvalue weighted by Crippen LogP contribution is -2.29. The molecular formula is C9H10N2O3. The van der Waals surface area contributed by atoms with E-state index in [1.54, 1.807) is 12.1 Å².